The Morgan fingerprint density at radius 1 is 0.889 bits per heavy atom. The lowest BCUT2D eigenvalue weighted by Crippen LogP contribution is -2.14. The van der Waals surface area contributed by atoms with Crippen LogP contribution in [-0.2, 0) is 8.85 Å². The second-order valence-corrected chi connectivity index (χ2v) is 3.05. The lowest BCUT2D eigenvalue weighted by Gasteiger charge is -2.07. The summed E-state index contributed by atoms with van der Waals surface area (Å²) in [5, 5.41) is 0. The molecule has 0 heterocycles. The predicted molar refractivity (Wildman–Crippen MR) is 38.2 cm³/mol. The molecule has 2 radical (unpaired) electrons. The summed E-state index contributed by atoms with van der Waals surface area (Å²) in [5.74, 6) is 0. The van der Waals surface area contributed by atoms with Crippen molar-refractivity contribution in [3.8, 4) is 0 Å². The van der Waals surface area contributed by atoms with Crippen molar-refractivity contribution in [3.63, 3.8) is 0 Å². The maximum absolute atomic E-state index is 5.16. The highest BCUT2D eigenvalue weighted by Gasteiger charge is 1.98. The first kappa shape index (κ1) is 9.14. The van der Waals surface area contributed by atoms with Gasteiger partial charge in [0.25, 0.3) is 0 Å². The number of hydrogen-bond acceptors (Lipinski definition) is 2. The summed E-state index contributed by atoms with van der Waals surface area (Å²) in [6.45, 7) is 7.99. The molecule has 9 heavy (non-hydrogen) atoms. The van der Waals surface area contributed by atoms with E-state index in [0.29, 0.717) is 0 Å². The fourth-order valence-electron chi connectivity index (χ4n) is 0.220. The van der Waals surface area contributed by atoms with Crippen molar-refractivity contribution < 1.29 is 8.85 Å². The van der Waals surface area contributed by atoms with Gasteiger partial charge in [0.05, 0.1) is 0 Å². The summed E-state index contributed by atoms with van der Waals surface area (Å²) in [6.07, 6.45) is 0.559. The van der Waals surface area contributed by atoms with Gasteiger partial charge >= 0.3 is 10.0 Å². The third-order valence-electron chi connectivity index (χ3n) is 0.568. The van der Waals surface area contributed by atoms with Crippen LogP contribution in [0.4, 0.5) is 0 Å². The summed E-state index contributed by atoms with van der Waals surface area (Å²) in [5.41, 5.74) is 0. The quantitative estimate of drug-likeness (QED) is 0.558. The molecule has 0 spiro atoms. The normalized spacial score (nSPS) is 11.3. The molecule has 0 aromatic heterocycles. The van der Waals surface area contributed by atoms with Crippen molar-refractivity contribution in [3.05, 3.63) is 0 Å². The molecule has 0 aliphatic rings. The van der Waals surface area contributed by atoms with Gasteiger partial charge in [-0.1, -0.05) is 0 Å². The first-order valence-corrected chi connectivity index (χ1v) is 4.01. The van der Waals surface area contributed by atoms with Crippen LogP contribution in [0.25, 0.3) is 0 Å². The minimum absolute atomic E-state index is 0.193. The second-order valence-electron chi connectivity index (χ2n) is 2.42. The van der Waals surface area contributed by atoms with Crippen LogP contribution in [0, 0.1) is 0 Å². The molecule has 0 aliphatic carbocycles. The average molecular weight is 146 g/mol. The Hall–Kier alpha value is 0.137. The SMILES string of the molecule is CC(C)O[Si]OC(C)C. The van der Waals surface area contributed by atoms with Gasteiger partial charge in [-0.2, -0.15) is 0 Å². The lowest BCUT2D eigenvalue weighted by atomic mass is 10.5. The Kier molecular flexibility index (Phi) is 5.04. The Morgan fingerprint density at radius 3 is 1.44 bits per heavy atom. The summed E-state index contributed by atoms with van der Waals surface area (Å²) in [4.78, 5) is 0. The van der Waals surface area contributed by atoms with E-state index in [-0.39, 0.29) is 22.2 Å². The fourth-order valence-corrected chi connectivity index (χ4v) is 0.661. The van der Waals surface area contributed by atoms with Crippen LogP contribution in [0.5, 0.6) is 0 Å². The highest BCUT2D eigenvalue weighted by atomic mass is 28.3. The zero-order chi connectivity index (χ0) is 7.28. The number of hydrogen-bond donors (Lipinski definition) is 0. The van der Waals surface area contributed by atoms with Gasteiger partial charge in [-0.15, -0.1) is 0 Å². The lowest BCUT2D eigenvalue weighted by molar-refractivity contribution is 0.152. The van der Waals surface area contributed by atoms with Gasteiger partial charge in [0.2, 0.25) is 0 Å². The van der Waals surface area contributed by atoms with Crippen LogP contribution in [0.3, 0.4) is 0 Å². The Morgan fingerprint density at radius 2 is 1.22 bits per heavy atom. The molecule has 0 N–H and O–H groups in total. The van der Waals surface area contributed by atoms with E-state index in [1.54, 1.807) is 0 Å². The fraction of sp³-hybridized carbons (Fsp3) is 1.00. The zero-order valence-electron chi connectivity index (χ0n) is 6.47. The van der Waals surface area contributed by atoms with E-state index in [1.807, 2.05) is 27.7 Å². The molecule has 0 aromatic rings. The molecule has 0 amide bonds. The van der Waals surface area contributed by atoms with Crippen LogP contribution in [0.1, 0.15) is 27.7 Å². The van der Waals surface area contributed by atoms with Crippen LogP contribution in [0.15, 0.2) is 0 Å². The molecule has 0 fully saturated rings. The third-order valence-corrected chi connectivity index (χ3v) is 1.70. The highest BCUT2D eigenvalue weighted by molar-refractivity contribution is 6.18. The van der Waals surface area contributed by atoms with Crippen molar-refractivity contribution >= 4 is 10.0 Å². The van der Waals surface area contributed by atoms with Crippen molar-refractivity contribution in [2.24, 2.45) is 0 Å². The van der Waals surface area contributed by atoms with Crippen LogP contribution in [0.2, 0.25) is 0 Å². The maximum Gasteiger partial charge on any atom is 0.433 e. The van der Waals surface area contributed by atoms with Gasteiger partial charge in [0.1, 0.15) is 0 Å². The molecule has 0 unspecified atom stereocenters. The van der Waals surface area contributed by atoms with Crippen molar-refractivity contribution in [2.45, 2.75) is 39.9 Å². The molecule has 0 saturated heterocycles. The molecule has 0 aliphatic heterocycles. The smallest absolute Gasteiger partial charge is 0.390 e. The molecule has 3 heteroatoms. The zero-order valence-corrected chi connectivity index (χ0v) is 7.47. The first-order valence-electron chi connectivity index (χ1n) is 3.19. The highest BCUT2D eigenvalue weighted by Crippen LogP contribution is 1.89. The van der Waals surface area contributed by atoms with Crippen LogP contribution in [-0.4, -0.2) is 22.2 Å². The standard InChI is InChI=1S/C6H14O2Si/c1-5(2)7-9-8-6(3)4/h5-6H,1-4H3. The first-order chi connectivity index (χ1) is 4.13. The Balaban J connectivity index is 2.91. The third kappa shape index (κ3) is 8.14. The van der Waals surface area contributed by atoms with E-state index < -0.39 is 0 Å². The van der Waals surface area contributed by atoms with Crippen LogP contribution < -0.4 is 0 Å². The van der Waals surface area contributed by atoms with Crippen molar-refractivity contribution in [1.29, 1.82) is 0 Å². The average Bonchev–Trinajstić information content (AvgIpc) is 1.63. The summed E-state index contributed by atoms with van der Waals surface area (Å²) < 4.78 is 10.3. The van der Waals surface area contributed by atoms with Crippen molar-refractivity contribution in [1.82, 2.24) is 0 Å². The van der Waals surface area contributed by atoms with Crippen LogP contribution >= 0.6 is 0 Å². The minimum Gasteiger partial charge on any atom is -0.390 e. The van der Waals surface area contributed by atoms with Gasteiger partial charge in [-0.05, 0) is 27.7 Å². The predicted octanol–water partition coefficient (Wildman–Crippen LogP) is 1.37. The molecule has 0 saturated carbocycles. The second kappa shape index (κ2) is 4.96. The van der Waals surface area contributed by atoms with Gasteiger partial charge < -0.3 is 8.85 Å². The summed E-state index contributed by atoms with van der Waals surface area (Å²) >= 11 is 0. The topological polar surface area (TPSA) is 18.5 Å². The maximum atomic E-state index is 5.16. The molecule has 0 aromatic carbocycles. The molecule has 0 rings (SSSR count). The van der Waals surface area contributed by atoms with E-state index in [4.69, 9.17) is 8.85 Å². The Bertz CT molecular complexity index is 56.1. The minimum atomic E-state index is 0.193. The van der Waals surface area contributed by atoms with Crippen molar-refractivity contribution in [2.75, 3.05) is 0 Å². The summed E-state index contributed by atoms with van der Waals surface area (Å²) in [7, 11) is 0.193. The van der Waals surface area contributed by atoms with E-state index in [2.05, 4.69) is 0 Å². The summed E-state index contributed by atoms with van der Waals surface area (Å²) in [6, 6.07) is 0. The van der Waals surface area contributed by atoms with Gasteiger partial charge in [0.15, 0.2) is 0 Å². The molecular formula is C6H14O2Si. The van der Waals surface area contributed by atoms with Gasteiger partial charge in [0, 0.05) is 12.2 Å². The van der Waals surface area contributed by atoms with E-state index in [0.717, 1.165) is 0 Å². The van der Waals surface area contributed by atoms with E-state index in [9.17, 15) is 0 Å². The molecule has 54 valence electrons. The van der Waals surface area contributed by atoms with E-state index >= 15 is 0 Å². The monoisotopic (exact) mass is 146 g/mol. The molecular weight excluding hydrogens is 132 g/mol. The molecule has 2 nitrogen and oxygen atoms in total. The largest absolute Gasteiger partial charge is 0.433 e. The molecule has 0 bridgehead atoms. The number of rotatable bonds is 4. The van der Waals surface area contributed by atoms with E-state index in [1.165, 1.54) is 0 Å². The Labute approximate surface area is 59.6 Å². The molecule has 0 atom stereocenters. The van der Waals surface area contributed by atoms with Gasteiger partial charge in [-0.25, -0.2) is 0 Å². The van der Waals surface area contributed by atoms with Gasteiger partial charge in [-0.3, -0.25) is 0 Å².